The van der Waals surface area contributed by atoms with Crippen LogP contribution in [-0.2, 0) is 6.42 Å². The fourth-order valence-electron chi connectivity index (χ4n) is 3.09. The van der Waals surface area contributed by atoms with Crippen LogP contribution in [0.15, 0.2) is 36.9 Å². The van der Waals surface area contributed by atoms with Crippen LogP contribution in [0.4, 0.5) is 8.78 Å². The minimum Gasteiger partial charge on any atom is -0.351 e. The van der Waals surface area contributed by atoms with Crippen LogP contribution in [0.3, 0.4) is 0 Å². The first-order valence-electron chi connectivity index (χ1n) is 7.59. The number of nitrogens with one attached hydrogen (secondary N) is 1. The van der Waals surface area contributed by atoms with Gasteiger partial charge in [-0.05, 0) is 36.3 Å². The molecule has 0 aliphatic heterocycles. The number of hydrogen-bond acceptors (Lipinski definition) is 3. The average molecular weight is 352 g/mol. The number of nitrogens with zero attached hydrogens (tertiary/aromatic N) is 2. The molecule has 126 valence electrons. The largest absolute Gasteiger partial charge is 0.351 e. The van der Waals surface area contributed by atoms with E-state index in [-0.39, 0.29) is 16.7 Å². The molecule has 1 saturated carbocycles. The summed E-state index contributed by atoms with van der Waals surface area (Å²) < 4.78 is 27.0. The van der Waals surface area contributed by atoms with Crippen molar-refractivity contribution in [2.75, 3.05) is 6.54 Å². The molecule has 0 unspecified atom stereocenters. The molecule has 1 heterocycles. The lowest BCUT2D eigenvalue weighted by Crippen LogP contribution is -2.48. The molecule has 1 aliphatic rings. The molecule has 7 heteroatoms. The summed E-state index contributed by atoms with van der Waals surface area (Å²) in [5.41, 5.74) is 0.468. The van der Waals surface area contributed by atoms with E-state index < -0.39 is 11.6 Å². The summed E-state index contributed by atoms with van der Waals surface area (Å²) in [4.78, 5) is 19.7. The number of carbonyl (C=O) groups excluding carboxylic acids is 1. The minimum atomic E-state index is -0.605. The Labute approximate surface area is 143 Å². The second-order valence-electron chi connectivity index (χ2n) is 6.23. The summed E-state index contributed by atoms with van der Waals surface area (Å²) in [6.07, 6.45) is 5.93. The van der Waals surface area contributed by atoms with E-state index in [0.29, 0.717) is 36.9 Å². The van der Waals surface area contributed by atoms with Crippen LogP contribution in [0, 0.1) is 17.0 Å². The first-order chi connectivity index (χ1) is 11.5. The number of amides is 1. The van der Waals surface area contributed by atoms with E-state index in [0.717, 1.165) is 6.07 Å². The fraction of sp³-hybridized carbons (Fsp3) is 0.353. The van der Waals surface area contributed by atoms with Gasteiger partial charge in [0.1, 0.15) is 18.0 Å². The summed E-state index contributed by atoms with van der Waals surface area (Å²) in [7, 11) is 0. The van der Waals surface area contributed by atoms with E-state index >= 15 is 0 Å². The van der Waals surface area contributed by atoms with Crippen molar-refractivity contribution >= 4 is 17.5 Å². The van der Waals surface area contributed by atoms with Gasteiger partial charge in [-0.3, -0.25) is 4.79 Å². The van der Waals surface area contributed by atoms with E-state index in [4.69, 9.17) is 11.6 Å². The number of alkyl halides is 1. The molecule has 0 spiro atoms. The van der Waals surface area contributed by atoms with E-state index in [2.05, 4.69) is 15.3 Å². The molecule has 0 saturated heterocycles. The monoisotopic (exact) mass is 351 g/mol. The molecular weight excluding hydrogens is 336 g/mol. The zero-order valence-corrected chi connectivity index (χ0v) is 13.6. The Morgan fingerprint density at radius 2 is 2.00 bits per heavy atom. The van der Waals surface area contributed by atoms with Crippen LogP contribution >= 0.6 is 11.6 Å². The van der Waals surface area contributed by atoms with Gasteiger partial charge in [-0.15, -0.1) is 11.6 Å². The van der Waals surface area contributed by atoms with Crippen LogP contribution in [0.5, 0.6) is 0 Å². The number of halogens is 3. The Kier molecular flexibility index (Phi) is 4.76. The lowest BCUT2D eigenvalue weighted by atomic mass is 9.65. The molecule has 1 aromatic carbocycles. The van der Waals surface area contributed by atoms with Gasteiger partial charge in [0, 0.05) is 30.4 Å². The maximum absolute atomic E-state index is 13.9. The SMILES string of the molecule is O=C(NCC1(Cc2ccc(F)cc2F)CC(Cl)C1)c1cncnc1. The molecule has 3 rings (SSSR count). The summed E-state index contributed by atoms with van der Waals surface area (Å²) in [6, 6.07) is 3.56. The predicted molar refractivity (Wildman–Crippen MR) is 85.7 cm³/mol. The Morgan fingerprint density at radius 1 is 1.29 bits per heavy atom. The molecule has 0 atom stereocenters. The molecule has 4 nitrogen and oxygen atoms in total. The summed E-state index contributed by atoms with van der Waals surface area (Å²) in [5.74, 6) is -1.46. The predicted octanol–water partition coefficient (Wildman–Crippen LogP) is 3.11. The van der Waals surface area contributed by atoms with Gasteiger partial charge in [-0.2, -0.15) is 0 Å². The topological polar surface area (TPSA) is 54.9 Å². The normalized spacial score (nSPS) is 22.7. The van der Waals surface area contributed by atoms with Gasteiger partial charge < -0.3 is 5.32 Å². The standard InChI is InChI=1S/C17H16ClF2N3O/c18-13-5-17(6-13,4-11-1-2-14(19)3-15(11)20)9-23-16(24)12-7-21-10-22-8-12/h1-3,7-8,10,13H,4-6,9H2,(H,23,24). The maximum atomic E-state index is 13.9. The Balaban J connectivity index is 1.69. The van der Waals surface area contributed by atoms with Crippen molar-refractivity contribution in [1.82, 2.24) is 15.3 Å². The molecule has 1 aliphatic carbocycles. The summed E-state index contributed by atoms with van der Waals surface area (Å²) in [5, 5.41) is 2.84. The van der Waals surface area contributed by atoms with Crippen molar-refractivity contribution in [3.8, 4) is 0 Å². The molecule has 2 aromatic rings. The van der Waals surface area contributed by atoms with Crippen molar-refractivity contribution in [2.45, 2.75) is 24.6 Å². The highest BCUT2D eigenvalue weighted by Crippen LogP contribution is 2.46. The van der Waals surface area contributed by atoms with E-state index in [1.54, 1.807) is 0 Å². The Morgan fingerprint density at radius 3 is 2.62 bits per heavy atom. The van der Waals surface area contributed by atoms with E-state index in [1.807, 2.05) is 0 Å². The third-order valence-corrected chi connectivity index (χ3v) is 4.64. The lowest BCUT2D eigenvalue weighted by Gasteiger charge is -2.45. The Hall–Kier alpha value is -2.08. The zero-order chi connectivity index (χ0) is 17.2. The van der Waals surface area contributed by atoms with Crippen molar-refractivity contribution in [1.29, 1.82) is 0 Å². The van der Waals surface area contributed by atoms with Crippen LogP contribution in [0.25, 0.3) is 0 Å². The van der Waals surface area contributed by atoms with Crippen LogP contribution in [0.1, 0.15) is 28.8 Å². The first-order valence-corrected chi connectivity index (χ1v) is 8.02. The molecule has 0 radical (unpaired) electrons. The van der Waals surface area contributed by atoms with Crippen LogP contribution in [0.2, 0.25) is 0 Å². The highest BCUT2D eigenvalue weighted by atomic mass is 35.5. The van der Waals surface area contributed by atoms with Gasteiger partial charge in [0.2, 0.25) is 0 Å². The molecule has 1 fully saturated rings. The smallest absolute Gasteiger partial charge is 0.254 e. The quantitative estimate of drug-likeness (QED) is 0.842. The molecule has 24 heavy (non-hydrogen) atoms. The third kappa shape index (κ3) is 3.70. The van der Waals surface area contributed by atoms with Crippen molar-refractivity contribution in [3.05, 3.63) is 59.7 Å². The van der Waals surface area contributed by atoms with Crippen LogP contribution < -0.4 is 5.32 Å². The molecule has 1 aromatic heterocycles. The Bertz CT molecular complexity index is 736. The molecule has 0 bridgehead atoms. The van der Waals surface area contributed by atoms with Crippen LogP contribution in [-0.4, -0.2) is 27.8 Å². The second-order valence-corrected chi connectivity index (χ2v) is 6.85. The van der Waals surface area contributed by atoms with E-state index in [1.165, 1.54) is 30.9 Å². The fourth-order valence-corrected chi connectivity index (χ4v) is 3.74. The van der Waals surface area contributed by atoms with Crippen molar-refractivity contribution in [3.63, 3.8) is 0 Å². The number of carbonyl (C=O) groups is 1. The molecule has 1 amide bonds. The van der Waals surface area contributed by atoms with Gasteiger partial charge in [0.05, 0.1) is 5.56 Å². The first kappa shape index (κ1) is 16.8. The molecular formula is C17H16ClF2N3O. The van der Waals surface area contributed by atoms with Gasteiger partial charge >= 0.3 is 0 Å². The van der Waals surface area contributed by atoms with E-state index in [9.17, 15) is 13.6 Å². The zero-order valence-electron chi connectivity index (χ0n) is 12.8. The third-order valence-electron chi connectivity index (χ3n) is 4.34. The lowest BCUT2D eigenvalue weighted by molar-refractivity contribution is 0.0865. The highest BCUT2D eigenvalue weighted by molar-refractivity contribution is 6.21. The maximum Gasteiger partial charge on any atom is 0.254 e. The number of benzene rings is 1. The minimum absolute atomic E-state index is 0.00507. The van der Waals surface area contributed by atoms with Gasteiger partial charge in [0.15, 0.2) is 0 Å². The second kappa shape index (κ2) is 6.81. The van der Waals surface area contributed by atoms with Gasteiger partial charge in [-0.25, -0.2) is 18.7 Å². The molecule has 1 N–H and O–H groups in total. The number of rotatable bonds is 5. The van der Waals surface area contributed by atoms with Gasteiger partial charge in [0.25, 0.3) is 5.91 Å². The summed E-state index contributed by atoms with van der Waals surface area (Å²) >= 11 is 6.11. The number of hydrogen-bond donors (Lipinski definition) is 1. The number of aromatic nitrogens is 2. The van der Waals surface area contributed by atoms with Crippen molar-refractivity contribution in [2.24, 2.45) is 5.41 Å². The average Bonchev–Trinajstić information content (AvgIpc) is 2.54. The van der Waals surface area contributed by atoms with Gasteiger partial charge in [-0.1, -0.05) is 6.07 Å². The summed E-state index contributed by atoms with van der Waals surface area (Å²) in [6.45, 7) is 0.362. The van der Waals surface area contributed by atoms with Crippen molar-refractivity contribution < 1.29 is 13.6 Å². The highest BCUT2D eigenvalue weighted by Gasteiger charge is 2.44.